The lowest BCUT2D eigenvalue weighted by Gasteiger charge is -2.37. The molecule has 1 aromatic heterocycles. The zero-order chi connectivity index (χ0) is 13.1. The topological polar surface area (TPSA) is 84.1 Å². The van der Waals surface area contributed by atoms with E-state index < -0.39 is 0 Å². The van der Waals surface area contributed by atoms with Crippen molar-refractivity contribution in [3.8, 4) is 0 Å². The van der Waals surface area contributed by atoms with Gasteiger partial charge < -0.3 is 10.3 Å². The lowest BCUT2D eigenvalue weighted by atomic mass is 10.2. The lowest BCUT2D eigenvalue weighted by molar-refractivity contribution is 0.0691. The largest absolute Gasteiger partial charge is 0.333 e. The first kappa shape index (κ1) is 13.1. The van der Waals surface area contributed by atoms with Crippen molar-refractivity contribution in [1.29, 1.82) is 0 Å². The van der Waals surface area contributed by atoms with E-state index in [1.54, 1.807) is 12.1 Å². The summed E-state index contributed by atoms with van der Waals surface area (Å²) in [6.07, 6.45) is 0. The molecule has 6 nitrogen and oxygen atoms in total. The predicted molar refractivity (Wildman–Crippen MR) is 72.3 cm³/mol. The number of aromatic nitrogens is 2. The first-order valence-electron chi connectivity index (χ1n) is 5.86. The summed E-state index contributed by atoms with van der Waals surface area (Å²) < 4.78 is 0. The molecule has 3 N–H and O–H groups in total. The number of anilines is 1. The summed E-state index contributed by atoms with van der Waals surface area (Å²) >= 11 is 1.89. The number of nitrogen functional groups attached to an aromatic ring is 1. The van der Waals surface area contributed by atoms with E-state index >= 15 is 0 Å². The number of hydrogen-bond donors (Lipinski definition) is 2. The Labute approximate surface area is 110 Å². The monoisotopic (exact) mass is 267 g/mol. The number of carbonyl (C=O) groups excluding carboxylic acids is 1. The molecular formula is C11H17N5OS. The molecule has 0 spiro atoms. The molecule has 2 atom stereocenters. The standard InChI is InChI=1S/C11H17N5OS/c1-7-8(2)18-6-5-16(7)11(17)9-3-4-10(13-12)15-14-9/h3-4,7-8H,5-6,12H2,1-2H3,(H,13,15). The van der Waals surface area contributed by atoms with Gasteiger partial charge in [-0.25, -0.2) is 5.84 Å². The molecule has 0 saturated carbocycles. The minimum Gasteiger partial charge on any atom is -0.333 e. The van der Waals surface area contributed by atoms with Crippen LogP contribution in [0.15, 0.2) is 12.1 Å². The Kier molecular flexibility index (Phi) is 4.03. The Balaban J connectivity index is 2.14. The van der Waals surface area contributed by atoms with Crippen LogP contribution in [-0.2, 0) is 0 Å². The van der Waals surface area contributed by atoms with Crippen molar-refractivity contribution in [2.45, 2.75) is 25.1 Å². The number of carbonyl (C=O) groups is 1. The highest BCUT2D eigenvalue weighted by molar-refractivity contribution is 8.00. The molecule has 7 heteroatoms. The number of nitrogens with one attached hydrogen (secondary N) is 1. The van der Waals surface area contributed by atoms with E-state index in [0.29, 0.717) is 16.8 Å². The number of rotatable bonds is 2. The van der Waals surface area contributed by atoms with E-state index in [4.69, 9.17) is 5.84 Å². The van der Waals surface area contributed by atoms with E-state index in [0.717, 1.165) is 12.3 Å². The SMILES string of the molecule is CC1SCCN(C(=O)c2ccc(NN)nn2)C1C. The quantitative estimate of drug-likeness (QED) is 0.607. The van der Waals surface area contributed by atoms with Crippen LogP contribution in [0.3, 0.4) is 0 Å². The van der Waals surface area contributed by atoms with Gasteiger partial charge in [-0.05, 0) is 19.1 Å². The number of hydrogen-bond acceptors (Lipinski definition) is 6. The van der Waals surface area contributed by atoms with Gasteiger partial charge in [0.05, 0.1) is 0 Å². The van der Waals surface area contributed by atoms with Crippen molar-refractivity contribution in [1.82, 2.24) is 15.1 Å². The molecule has 0 aliphatic carbocycles. The summed E-state index contributed by atoms with van der Waals surface area (Å²) in [7, 11) is 0. The van der Waals surface area contributed by atoms with Crippen molar-refractivity contribution < 1.29 is 4.79 Å². The molecule has 1 saturated heterocycles. The Hall–Kier alpha value is -1.34. The van der Waals surface area contributed by atoms with Gasteiger partial charge in [0.1, 0.15) is 0 Å². The van der Waals surface area contributed by atoms with E-state index in [1.165, 1.54) is 0 Å². The van der Waals surface area contributed by atoms with Crippen molar-refractivity contribution >= 4 is 23.5 Å². The zero-order valence-electron chi connectivity index (χ0n) is 10.5. The minimum absolute atomic E-state index is 0.0641. The van der Waals surface area contributed by atoms with Crippen LogP contribution in [0, 0.1) is 0 Å². The predicted octanol–water partition coefficient (Wildman–Crippen LogP) is 0.728. The summed E-state index contributed by atoms with van der Waals surface area (Å²) in [5.74, 6) is 6.56. The van der Waals surface area contributed by atoms with Crippen molar-refractivity contribution in [2.75, 3.05) is 17.7 Å². The van der Waals surface area contributed by atoms with Crippen LogP contribution >= 0.6 is 11.8 Å². The smallest absolute Gasteiger partial charge is 0.274 e. The summed E-state index contributed by atoms with van der Waals surface area (Å²) in [5.41, 5.74) is 2.75. The van der Waals surface area contributed by atoms with Gasteiger partial charge in [0.2, 0.25) is 0 Å². The number of hydrazine groups is 1. The molecule has 0 radical (unpaired) electrons. The molecule has 0 aromatic carbocycles. The maximum atomic E-state index is 12.3. The molecule has 2 heterocycles. The molecule has 1 aliphatic heterocycles. The van der Waals surface area contributed by atoms with E-state index in [-0.39, 0.29) is 11.9 Å². The second kappa shape index (κ2) is 5.53. The fourth-order valence-electron chi connectivity index (χ4n) is 1.89. The minimum atomic E-state index is -0.0641. The zero-order valence-corrected chi connectivity index (χ0v) is 11.3. The molecule has 1 fully saturated rings. The Bertz CT molecular complexity index is 424. The van der Waals surface area contributed by atoms with Crippen molar-refractivity contribution in [3.05, 3.63) is 17.8 Å². The van der Waals surface area contributed by atoms with E-state index in [1.807, 2.05) is 16.7 Å². The van der Waals surface area contributed by atoms with Gasteiger partial charge in [0.25, 0.3) is 5.91 Å². The number of thioether (sulfide) groups is 1. The maximum Gasteiger partial charge on any atom is 0.274 e. The van der Waals surface area contributed by atoms with Crippen LogP contribution in [-0.4, -0.2) is 44.6 Å². The normalized spacial score (nSPS) is 23.8. The second-order valence-electron chi connectivity index (χ2n) is 4.26. The fourth-order valence-corrected chi connectivity index (χ4v) is 2.99. The van der Waals surface area contributed by atoms with Crippen LogP contribution in [0.5, 0.6) is 0 Å². The summed E-state index contributed by atoms with van der Waals surface area (Å²) in [4.78, 5) is 14.2. The Morgan fingerprint density at radius 1 is 1.50 bits per heavy atom. The third-order valence-corrected chi connectivity index (χ3v) is 4.51. The average molecular weight is 267 g/mol. The molecule has 1 aromatic rings. The fraction of sp³-hybridized carbons (Fsp3) is 0.545. The molecule has 1 amide bonds. The van der Waals surface area contributed by atoms with Crippen LogP contribution in [0.4, 0.5) is 5.82 Å². The molecular weight excluding hydrogens is 250 g/mol. The van der Waals surface area contributed by atoms with Crippen LogP contribution in [0.1, 0.15) is 24.3 Å². The van der Waals surface area contributed by atoms with E-state index in [9.17, 15) is 4.79 Å². The van der Waals surface area contributed by atoms with Gasteiger partial charge in [0.15, 0.2) is 11.5 Å². The maximum absolute atomic E-state index is 12.3. The lowest BCUT2D eigenvalue weighted by Crippen LogP contribution is -2.48. The highest BCUT2D eigenvalue weighted by Crippen LogP contribution is 2.25. The van der Waals surface area contributed by atoms with Crippen molar-refractivity contribution in [3.63, 3.8) is 0 Å². The Morgan fingerprint density at radius 3 is 2.89 bits per heavy atom. The molecule has 18 heavy (non-hydrogen) atoms. The number of amides is 1. The number of nitrogens with zero attached hydrogens (tertiary/aromatic N) is 3. The molecule has 2 rings (SSSR count). The summed E-state index contributed by atoms with van der Waals surface area (Å²) in [6.45, 7) is 4.97. The summed E-state index contributed by atoms with van der Waals surface area (Å²) in [5, 5.41) is 8.16. The van der Waals surface area contributed by atoms with Crippen LogP contribution in [0.25, 0.3) is 0 Å². The summed E-state index contributed by atoms with van der Waals surface area (Å²) in [6, 6.07) is 3.50. The molecule has 1 aliphatic rings. The van der Waals surface area contributed by atoms with Gasteiger partial charge in [-0.1, -0.05) is 6.92 Å². The van der Waals surface area contributed by atoms with Gasteiger partial charge in [-0.3, -0.25) is 4.79 Å². The average Bonchev–Trinajstić information content (AvgIpc) is 2.41. The van der Waals surface area contributed by atoms with Crippen LogP contribution in [0.2, 0.25) is 0 Å². The second-order valence-corrected chi connectivity index (χ2v) is 5.75. The van der Waals surface area contributed by atoms with Gasteiger partial charge in [-0.15, -0.1) is 10.2 Å². The first-order valence-corrected chi connectivity index (χ1v) is 6.91. The highest BCUT2D eigenvalue weighted by atomic mass is 32.2. The highest BCUT2D eigenvalue weighted by Gasteiger charge is 2.30. The first-order chi connectivity index (χ1) is 8.63. The third-order valence-electron chi connectivity index (χ3n) is 3.18. The van der Waals surface area contributed by atoms with Gasteiger partial charge >= 0.3 is 0 Å². The number of nitrogens with two attached hydrogens (primary N) is 1. The Morgan fingerprint density at radius 2 is 2.28 bits per heavy atom. The van der Waals surface area contributed by atoms with Crippen LogP contribution < -0.4 is 11.3 Å². The van der Waals surface area contributed by atoms with Crippen molar-refractivity contribution in [2.24, 2.45) is 5.84 Å². The van der Waals surface area contributed by atoms with E-state index in [2.05, 4.69) is 29.5 Å². The van der Waals surface area contributed by atoms with Gasteiger partial charge in [0, 0.05) is 23.6 Å². The third kappa shape index (κ3) is 2.56. The molecule has 0 bridgehead atoms. The molecule has 2 unspecified atom stereocenters. The van der Waals surface area contributed by atoms with Gasteiger partial charge in [-0.2, -0.15) is 11.8 Å². The molecule has 98 valence electrons.